The first-order valence-electron chi connectivity index (χ1n) is 7.35. The molecule has 4 rings (SSSR count). The van der Waals surface area contributed by atoms with Gasteiger partial charge in [-0.2, -0.15) is 0 Å². The van der Waals surface area contributed by atoms with E-state index >= 15 is 0 Å². The molecule has 2 aliphatic heterocycles. The molecule has 2 aliphatic carbocycles. The molecule has 0 aromatic rings. The molecule has 0 radical (unpaired) electrons. The Labute approximate surface area is 107 Å². The van der Waals surface area contributed by atoms with Crippen LogP contribution in [0.2, 0.25) is 0 Å². The lowest BCUT2D eigenvalue weighted by atomic mass is 9.64. The highest BCUT2D eigenvalue weighted by Gasteiger charge is 2.69. The standard InChI is InChI=1S/C15H20O3/c1-8-3-2-4-9-7-11(17)13-12-10(16)5-6-15(8,12)14(9)18-13/h8-9,12-14H,2-7H2,1H3/t8-,9+,12+,13-,14-,15-/m1/s1. The second-order valence-electron chi connectivity index (χ2n) is 6.80. The average Bonchev–Trinajstić information content (AvgIpc) is 2.79. The second kappa shape index (κ2) is 3.44. The van der Waals surface area contributed by atoms with Crippen molar-refractivity contribution in [2.45, 2.75) is 57.7 Å². The van der Waals surface area contributed by atoms with E-state index < -0.39 is 0 Å². The van der Waals surface area contributed by atoms with Crippen LogP contribution < -0.4 is 0 Å². The Kier molecular flexibility index (Phi) is 2.13. The van der Waals surface area contributed by atoms with Gasteiger partial charge in [-0.15, -0.1) is 0 Å². The highest BCUT2D eigenvalue weighted by molar-refractivity contribution is 5.95. The monoisotopic (exact) mass is 248 g/mol. The zero-order valence-corrected chi connectivity index (χ0v) is 10.9. The molecule has 0 N–H and O–H groups in total. The van der Waals surface area contributed by atoms with E-state index in [1.165, 1.54) is 12.8 Å². The van der Waals surface area contributed by atoms with Crippen molar-refractivity contribution >= 4 is 11.6 Å². The topological polar surface area (TPSA) is 43.4 Å². The van der Waals surface area contributed by atoms with E-state index in [9.17, 15) is 9.59 Å². The minimum absolute atomic E-state index is 0.00900. The minimum atomic E-state index is -0.387. The van der Waals surface area contributed by atoms with E-state index in [1.807, 2.05) is 0 Å². The summed E-state index contributed by atoms with van der Waals surface area (Å²) in [5, 5.41) is 0. The maximum atomic E-state index is 12.3. The van der Waals surface area contributed by atoms with Crippen LogP contribution in [0.15, 0.2) is 0 Å². The molecule has 2 heterocycles. The van der Waals surface area contributed by atoms with Gasteiger partial charge in [-0.1, -0.05) is 19.8 Å². The van der Waals surface area contributed by atoms with Crippen molar-refractivity contribution in [1.29, 1.82) is 0 Å². The summed E-state index contributed by atoms with van der Waals surface area (Å²) in [5.41, 5.74) is 0.00900. The molecule has 3 nitrogen and oxygen atoms in total. The second-order valence-corrected chi connectivity index (χ2v) is 6.80. The van der Waals surface area contributed by atoms with Crippen LogP contribution in [0.25, 0.3) is 0 Å². The van der Waals surface area contributed by atoms with Crippen molar-refractivity contribution in [3.05, 3.63) is 0 Å². The third-order valence-corrected chi connectivity index (χ3v) is 6.19. The third kappa shape index (κ3) is 1.10. The third-order valence-electron chi connectivity index (χ3n) is 6.19. The van der Waals surface area contributed by atoms with Gasteiger partial charge in [0.25, 0.3) is 0 Å². The van der Waals surface area contributed by atoms with Gasteiger partial charge in [0, 0.05) is 18.3 Å². The first kappa shape index (κ1) is 11.2. The largest absolute Gasteiger partial charge is 0.366 e. The quantitative estimate of drug-likeness (QED) is 0.659. The Bertz CT molecular complexity index is 427. The van der Waals surface area contributed by atoms with E-state index in [-0.39, 0.29) is 29.3 Å². The van der Waals surface area contributed by atoms with Gasteiger partial charge in [0.2, 0.25) is 0 Å². The van der Waals surface area contributed by atoms with Gasteiger partial charge in [0.05, 0.1) is 12.0 Å². The Morgan fingerprint density at radius 3 is 2.89 bits per heavy atom. The molecule has 2 saturated carbocycles. The van der Waals surface area contributed by atoms with Crippen LogP contribution >= 0.6 is 0 Å². The number of ether oxygens (including phenoxy) is 1. The zero-order chi connectivity index (χ0) is 12.5. The summed E-state index contributed by atoms with van der Waals surface area (Å²) >= 11 is 0. The highest BCUT2D eigenvalue weighted by atomic mass is 16.5. The lowest BCUT2D eigenvalue weighted by Crippen LogP contribution is -2.42. The Hall–Kier alpha value is -0.700. The number of ketones is 2. The number of hydrogen-bond acceptors (Lipinski definition) is 3. The number of carbonyl (C=O) groups excluding carboxylic acids is 2. The summed E-state index contributed by atoms with van der Waals surface area (Å²) in [4.78, 5) is 24.5. The maximum absolute atomic E-state index is 12.3. The Balaban J connectivity index is 1.88. The molecule has 18 heavy (non-hydrogen) atoms. The first-order chi connectivity index (χ1) is 8.64. The summed E-state index contributed by atoms with van der Waals surface area (Å²) in [7, 11) is 0. The van der Waals surface area contributed by atoms with Crippen LogP contribution in [0.5, 0.6) is 0 Å². The van der Waals surface area contributed by atoms with Gasteiger partial charge in [-0.05, 0) is 24.7 Å². The van der Waals surface area contributed by atoms with Crippen LogP contribution in [-0.4, -0.2) is 23.8 Å². The van der Waals surface area contributed by atoms with E-state index in [0.717, 1.165) is 12.8 Å². The summed E-state index contributed by atoms with van der Waals surface area (Å²) in [6.45, 7) is 2.28. The van der Waals surface area contributed by atoms with Gasteiger partial charge in [0.1, 0.15) is 11.9 Å². The maximum Gasteiger partial charge on any atom is 0.162 e. The molecule has 0 unspecified atom stereocenters. The minimum Gasteiger partial charge on any atom is -0.366 e. The fourth-order valence-electron chi connectivity index (χ4n) is 5.42. The lowest BCUT2D eigenvalue weighted by molar-refractivity contribution is -0.146. The predicted octanol–water partition coefficient (Wildman–Crippen LogP) is 2.13. The van der Waals surface area contributed by atoms with E-state index in [4.69, 9.17) is 4.74 Å². The molecule has 6 atom stereocenters. The Morgan fingerprint density at radius 1 is 1.22 bits per heavy atom. The molecule has 0 amide bonds. The van der Waals surface area contributed by atoms with Crippen LogP contribution in [0, 0.1) is 23.2 Å². The van der Waals surface area contributed by atoms with Crippen molar-refractivity contribution in [1.82, 2.24) is 0 Å². The van der Waals surface area contributed by atoms with Crippen molar-refractivity contribution in [3.8, 4) is 0 Å². The van der Waals surface area contributed by atoms with Crippen LogP contribution in [0.3, 0.4) is 0 Å². The molecule has 2 saturated heterocycles. The molecular formula is C15H20O3. The predicted molar refractivity (Wildman–Crippen MR) is 65.0 cm³/mol. The summed E-state index contributed by atoms with van der Waals surface area (Å²) in [6, 6.07) is 0. The van der Waals surface area contributed by atoms with Crippen molar-refractivity contribution in [2.75, 3.05) is 0 Å². The van der Waals surface area contributed by atoms with Gasteiger partial charge >= 0.3 is 0 Å². The molecule has 98 valence electrons. The average molecular weight is 248 g/mol. The molecule has 1 spiro atoms. The van der Waals surface area contributed by atoms with Gasteiger partial charge in [0.15, 0.2) is 5.78 Å². The van der Waals surface area contributed by atoms with Crippen molar-refractivity contribution in [3.63, 3.8) is 0 Å². The van der Waals surface area contributed by atoms with Gasteiger partial charge < -0.3 is 4.74 Å². The Morgan fingerprint density at radius 2 is 2.06 bits per heavy atom. The highest BCUT2D eigenvalue weighted by Crippen LogP contribution is 2.63. The number of hydrogen-bond donors (Lipinski definition) is 0. The van der Waals surface area contributed by atoms with Crippen LogP contribution in [-0.2, 0) is 14.3 Å². The van der Waals surface area contributed by atoms with E-state index in [0.29, 0.717) is 30.5 Å². The number of carbonyl (C=O) groups is 2. The molecule has 0 aromatic carbocycles. The zero-order valence-electron chi connectivity index (χ0n) is 10.9. The number of rotatable bonds is 0. The smallest absolute Gasteiger partial charge is 0.162 e. The molecule has 3 heteroatoms. The lowest BCUT2D eigenvalue weighted by Gasteiger charge is -2.39. The van der Waals surface area contributed by atoms with Gasteiger partial charge in [-0.3, -0.25) is 9.59 Å². The summed E-state index contributed by atoms with van der Waals surface area (Å²) in [5.74, 6) is 1.31. The first-order valence-corrected chi connectivity index (χ1v) is 7.35. The molecule has 4 fully saturated rings. The normalized spacial score (nSPS) is 54.4. The van der Waals surface area contributed by atoms with Gasteiger partial charge in [-0.25, -0.2) is 0 Å². The summed E-state index contributed by atoms with van der Waals surface area (Å²) < 4.78 is 6.08. The van der Waals surface area contributed by atoms with Crippen LogP contribution in [0.4, 0.5) is 0 Å². The molecule has 2 bridgehead atoms. The summed E-state index contributed by atoms with van der Waals surface area (Å²) in [6.07, 6.45) is 5.58. The fourth-order valence-corrected chi connectivity index (χ4v) is 5.42. The number of fused-ring (bicyclic) bond motifs is 2. The van der Waals surface area contributed by atoms with Crippen molar-refractivity contribution in [2.24, 2.45) is 23.2 Å². The molecule has 0 aromatic heterocycles. The van der Waals surface area contributed by atoms with E-state index in [2.05, 4.69) is 6.92 Å². The van der Waals surface area contributed by atoms with Crippen LogP contribution in [0.1, 0.15) is 45.4 Å². The SMILES string of the molecule is C[C@@H]1CCC[C@H]2CC(=O)[C@H]3O[C@H]2[C@]12CCC(=O)[C@@H]32. The molecule has 4 aliphatic rings. The van der Waals surface area contributed by atoms with E-state index in [1.54, 1.807) is 0 Å². The number of Topliss-reactive ketones (excluding diaryl/α,β-unsaturated/α-hetero) is 2. The fraction of sp³-hybridized carbons (Fsp3) is 0.867. The molecular weight excluding hydrogens is 228 g/mol. The van der Waals surface area contributed by atoms with Crippen molar-refractivity contribution < 1.29 is 14.3 Å².